The van der Waals surface area contributed by atoms with Crippen LogP contribution in [0.15, 0.2) is 35.9 Å². The van der Waals surface area contributed by atoms with Crippen LogP contribution in [0.25, 0.3) is 0 Å². The van der Waals surface area contributed by atoms with Crippen molar-refractivity contribution in [2.75, 3.05) is 19.8 Å². The van der Waals surface area contributed by atoms with Crippen molar-refractivity contribution in [1.82, 2.24) is 10.2 Å². The summed E-state index contributed by atoms with van der Waals surface area (Å²) in [4.78, 5) is 29.4. The summed E-state index contributed by atoms with van der Waals surface area (Å²) in [5, 5.41) is 24.0. The van der Waals surface area contributed by atoms with E-state index in [2.05, 4.69) is 26.1 Å². The summed E-state index contributed by atoms with van der Waals surface area (Å²) < 4.78 is 12.7. The van der Waals surface area contributed by atoms with Crippen LogP contribution in [0.5, 0.6) is 5.75 Å². The van der Waals surface area contributed by atoms with Gasteiger partial charge in [-0.1, -0.05) is 64.7 Å². The molecule has 226 valence electrons. The Bertz CT molecular complexity index is 1100. The van der Waals surface area contributed by atoms with Crippen molar-refractivity contribution in [3.8, 4) is 5.75 Å². The highest BCUT2D eigenvalue weighted by Crippen LogP contribution is 2.47. The minimum Gasteiger partial charge on any atom is -0.486 e. The molecule has 2 amide bonds. The lowest BCUT2D eigenvalue weighted by atomic mass is 9.75. The van der Waals surface area contributed by atoms with E-state index in [0.29, 0.717) is 29.1 Å². The number of hydrogen-bond donors (Lipinski definition) is 3. The summed E-state index contributed by atoms with van der Waals surface area (Å²) in [7, 11) is 0. The van der Waals surface area contributed by atoms with Gasteiger partial charge in [0.25, 0.3) is 0 Å². The van der Waals surface area contributed by atoms with E-state index >= 15 is 0 Å². The van der Waals surface area contributed by atoms with Crippen LogP contribution in [0.3, 0.4) is 0 Å². The number of benzene rings is 1. The molecule has 2 saturated carbocycles. The molecule has 0 radical (unpaired) electrons. The molecular weight excluding hydrogens is 520 g/mol. The average molecular weight is 569 g/mol. The van der Waals surface area contributed by atoms with Gasteiger partial charge in [0.15, 0.2) is 0 Å². The van der Waals surface area contributed by atoms with Crippen LogP contribution in [0.4, 0.5) is 0 Å². The molecular formula is C33H48N2O6. The van der Waals surface area contributed by atoms with Crippen molar-refractivity contribution in [3.63, 3.8) is 0 Å². The van der Waals surface area contributed by atoms with E-state index in [1.807, 2.05) is 29.2 Å². The molecule has 0 spiro atoms. The Hall–Kier alpha value is -2.42. The Morgan fingerprint density at radius 2 is 1.88 bits per heavy atom. The maximum absolute atomic E-state index is 14.1. The lowest BCUT2D eigenvalue weighted by Gasteiger charge is -2.45. The van der Waals surface area contributed by atoms with E-state index in [1.165, 1.54) is 6.42 Å². The highest BCUT2D eigenvalue weighted by Gasteiger charge is 2.51. The summed E-state index contributed by atoms with van der Waals surface area (Å²) in [6, 6.07) is 6.80. The first-order valence-electron chi connectivity index (χ1n) is 15.8. The highest BCUT2D eigenvalue weighted by atomic mass is 16.5. The zero-order valence-corrected chi connectivity index (χ0v) is 24.8. The predicted molar refractivity (Wildman–Crippen MR) is 156 cm³/mol. The summed E-state index contributed by atoms with van der Waals surface area (Å²) in [6.07, 6.45) is 8.28. The molecule has 2 fully saturated rings. The Morgan fingerprint density at radius 3 is 2.61 bits per heavy atom. The number of aliphatic hydroxyl groups is 2. The zero-order chi connectivity index (χ0) is 29.1. The van der Waals surface area contributed by atoms with Crippen molar-refractivity contribution in [1.29, 1.82) is 0 Å². The van der Waals surface area contributed by atoms with Gasteiger partial charge in [0.05, 0.1) is 24.7 Å². The number of ether oxygens (including phenoxy) is 2. The monoisotopic (exact) mass is 568 g/mol. The van der Waals surface area contributed by atoms with Gasteiger partial charge in [-0.05, 0) is 55.6 Å². The molecule has 1 heterocycles. The second-order valence-electron chi connectivity index (χ2n) is 12.9. The molecule has 1 aromatic rings. The molecule has 4 aliphatic rings. The van der Waals surface area contributed by atoms with E-state index in [-0.39, 0.29) is 43.7 Å². The normalized spacial score (nSPS) is 31.6. The zero-order valence-electron chi connectivity index (χ0n) is 24.8. The molecule has 41 heavy (non-hydrogen) atoms. The first-order valence-corrected chi connectivity index (χ1v) is 15.8. The van der Waals surface area contributed by atoms with Gasteiger partial charge in [0.1, 0.15) is 24.6 Å². The third kappa shape index (κ3) is 6.35. The van der Waals surface area contributed by atoms with E-state index in [1.54, 1.807) is 6.08 Å². The smallest absolute Gasteiger partial charge is 0.249 e. The maximum atomic E-state index is 14.1. The second kappa shape index (κ2) is 13.3. The van der Waals surface area contributed by atoms with Crippen molar-refractivity contribution in [3.05, 3.63) is 41.5 Å². The molecule has 3 aliphatic carbocycles. The number of rotatable bonds is 9. The van der Waals surface area contributed by atoms with E-state index in [4.69, 9.17) is 9.47 Å². The van der Waals surface area contributed by atoms with Crippen molar-refractivity contribution < 1.29 is 29.3 Å². The van der Waals surface area contributed by atoms with Gasteiger partial charge in [0, 0.05) is 23.7 Å². The third-order valence-corrected chi connectivity index (χ3v) is 9.84. The highest BCUT2D eigenvalue weighted by molar-refractivity contribution is 5.96. The average Bonchev–Trinajstić information content (AvgIpc) is 3.37. The molecule has 1 aliphatic heterocycles. The molecule has 0 aromatic heterocycles. The Kier molecular flexibility index (Phi) is 9.72. The van der Waals surface area contributed by atoms with Crippen LogP contribution < -0.4 is 10.1 Å². The summed E-state index contributed by atoms with van der Waals surface area (Å²) in [5.74, 6) is 1.23. The number of nitrogens with one attached hydrogen (secondary N) is 1. The van der Waals surface area contributed by atoms with Gasteiger partial charge in [0.2, 0.25) is 11.8 Å². The molecule has 3 N–H and O–H groups in total. The largest absolute Gasteiger partial charge is 0.486 e. The number of aliphatic hydroxyl groups excluding tert-OH is 2. The van der Waals surface area contributed by atoms with Gasteiger partial charge in [-0.3, -0.25) is 9.59 Å². The molecule has 0 unspecified atom stereocenters. The maximum Gasteiger partial charge on any atom is 0.249 e. The van der Waals surface area contributed by atoms with Crippen LogP contribution in [0.2, 0.25) is 0 Å². The van der Waals surface area contributed by atoms with Crippen LogP contribution in [-0.4, -0.2) is 77.1 Å². The van der Waals surface area contributed by atoms with Crippen molar-refractivity contribution in [2.24, 2.45) is 17.8 Å². The third-order valence-electron chi connectivity index (χ3n) is 9.84. The van der Waals surface area contributed by atoms with Gasteiger partial charge >= 0.3 is 0 Å². The number of nitrogens with zero attached hydrogens (tertiary/aromatic N) is 1. The summed E-state index contributed by atoms with van der Waals surface area (Å²) >= 11 is 0. The second-order valence-corrected chi connectivity index (χ2v) is 12.9. The molecule has 1 aromatic carbocycles. The van der Waals surface area contributed by atoms with Gasteiger partial charge in [-0.25, -0.2) is 0 Å². The van der Waals surface area contributed by atoms with Gasteiger partial charge in [-0.2, -0.15) is 0 Å². The molecule has 0 saturated heterocycles. The van der Waals surface area contributed by atoms with E-state index in [0.717, 1.165) is 50.5 Å². The lowest BCUT2D eigenvalue weighted by molar-refractivity contribution is -0.151. The minimum atomic E-state index is -1.01. The van der Waals surface area contributed by atoms with Crippen LogP contribution in [0, 0.1) is 17.8 Å². The van der Waals surface area contributed by atoms with E-state index < -0.39 is 24.2 Å². The Labute approximate surface area is 244 Å². The summed E-state index contributed by atoms with van der Waals surface area (Å²) in [5.41, 5.74) is 1.32. The standard InChI is InChI=1S/C33H48N2O6/c1-20(2)23-14-13-21(3)17-28(23)40-19-29(37)35(22-9-5-4-6-10-22)26-18-25(33(39)34-15-16-36)30-24-11-7-8-12-27(24)41-32(30)31(26)38/h7-8,11-12,18,20-23,26,28,30-32,36,38H,4-6,9-10,13-17,19H2,1-3H3,(H,34,39)/t21-,23+,26+,28-,30-,31-,32-/m0/s1. The number of fused-ring (bicyclic) bond motifs is 3. The Balaban J connectivity index is 1.45. The molecule has 8 heteroatoms. The first-order chi connectivity index (χ1) is 19.8. The number of carbonyl (C=O) groups excluding carboxylic acids is 2. The number of hydrogen-bond acceptors (Lipinski definition) is 6. The van der Waals surface area contributed by atoms with Crippen LogP contribution in [-0.2, 0) is 14.3 Å². The quantitative estimate of drug-likeness (QED) is 0.417. The number of amides is 2. The molecule has 7 atom stereocenters. The topological polar surface area (TPSA) is 108 Å². The van der Waals surface area contributed by atoms with Crippen molar-refractivity contribution >= 4 is 11.8 Å². The summed E-state index contributed by atoms with van der Waals surface area (Å²) in [6.45, 7) is 6.64. The van der Waals surface area contributed by atoms with Crippen LogP contribution >= 0.6 is 0 Å². The lowest BCUT2D eigenvalue weighted by Crippen LogP contribution is -2.59. The fourth-order valence-corrected chi connectivity index (χ4v) is 7.69. The fraction of sp³-hybridized carbons (Fsp3) is 0.697. The van der Waals surface area contributed by atoms with Crippen LogP contribution in [0.1, 0.15) is 83.6 Å². The number of carbonyl (C=O) groups is 2. The van der Waals surface area contributed by atoms with Gasteiger partial charge in [-0.15, -0.1) is 0 Å². The minimum absolute atomic E-state index is 0.0324. The SMILES string of the molecule is CC(C)[C@H]1CC[C@H](C)C[C@@H]1OCC(=O)N(C1CCCCC1)[C@@H]1C=C(C(=O)NCCO)[C@@H]2c3ccccc3O[C@@H]2[C@H]1O. The fourth-order valence-electron chi connectivity index (χ4n) is 7.69. The van der Waals surface area contributed by atoms with Gasteiger partial charge < -0.3 is 29.9 Å². The number of para-hydroxylation sites is 1. The molecule has 8 nitrogen and oxygen atoms in total. The predicted octanol–water partition coefficient (Wildman–Crippen LogP) is 3.95. The molecule has 0 bridgehead atoms. The van der Waals surface area contributed by atoms with Crippen molar-refractivity contribution in [2.45, 2.75) is 108 Å². The Morgan fingerprint density at radius 1 is 1.12 bits per heavy atom. The molecule has 5 rings (SSSR count). The first kappa shape index (κ1) is 30.1. The van der Waals surface area contributed by atoms with E-state index in [9.17, 15) is 19.8 Å².